The number of nitrogens with one attached hydrogen (secondary N) is 1. The van der Waals surface area contributed by atoms with Gasteiger partial charge in [0.2, 0.25) is 5.91 Å². The Morgan fingerprint density at radius 1 is 1.22 bits per heavy atom. The normalized spacial score (nSPS) is 11.9. The first-order valence-electron chi connectivity index (χ1n) is 8.99. The van der Waals surface area contributed by atoms with E-state index in [0.717, 1.165) is 21.5 Å². The molecule has 4 nitrogen and oxygen atoms in total. The second kappa shape index (κ2) is 7.92. The summed E-state index contributed by atoms with van der Waals surface area (Å²) in [4.78, 5) is 16.8. The van der Waals surface area contributed by atoms with Crippen molar-refractivity contribution in [3.05, 3.63) is 59.7 Å². The van der Waals surface area contributed by atoms with E-state index in [9.17, 15) is 4.79 Å². The number of thiazole rings is 1. The van der Waals surface area contributed by atoms with Crippen molar-refractivity contribution in [3.63, 3.8) is 0 Å². The molecule has 0 saturated carbocycles. The third kappa shape index (κ3) is 4.74. The van der Waals surface area contributed by atoms with Crippen LogP contribution in [0.3, 0.4) is 0 Å². The van der Waals surface area contributed by atoms with E-state index < -0.39 is 0 Å². The Morgan fingerprint density at radius 3 is 2.74 bits per heavy atom. The van der Waals surface area contributed by atoms with Crippen LogP contribution in [-0.4, -0.2) is 17.5 Å². The molecule has 0 bridgehead atoms. The zero-order chi connectivity index (χ0) is 19.4. The van der Waals surface area contributed by atoms with Gasteiger partial charge in [-0.25, -0.2) is 4.98 Å². The van der Waals surface area contributed by atoms with Crippen LogP contribution in [0.25, 0.3) is 16.3 Å². The molecule has 0 saturated heterocycles. The smallest absolute Gasteiger partial charge is 0.250 e. The van der Waals surface area contributed by atoms with Crippen molar-refractivity contribution in [1.82, 2.24) is 4.98 Å². The number of nitrogens with zero attached hydrogens (tertiary/aromatic N) is 1. The minimum atomic E-state index is -0.212. The molecule has 0 aliphatic rings. The zero-order valence-electron chi connectivity index (χ0n) is 16.1. The zero-order valence-corrected chi connectivity index (χ0v) is 16.9. The highest BCUT2D eigenvalue weighted by Gasteiger charge is 2.15. The summed E-state index contributed by atoms with van der Waals surface area (Å²) in [5, 5.41) is 3.45. The molecule has 1 amide bonds. The van der Waals surface area contributed by atoms with Crippen molar-refractivity contribution in [2.24, 2.45) is 0 Å². The average molecular weight is 381 g/mol. The quantitative estimate of drug-likeness (QED) is 0.582. The molecule has 0 fully saturated rings. The molecule has 0 aliphatic carbocycles. The molecule has 0 radical (unpaired) electrons. The van der Waals surface area contributed by atoms with Gasteiger partial charge in [0, 0.05) is 11.6 Å². The average Bonchev–Trinajstić information content (AvgIpc) is 3.01. The van der Waals surface area contributed by atoms with Crippen LogP contribution >= 0.6 is 11.3 Å². The van der Waals surface area contributed by atoms with Gasteiger partial charge < -0.3 is 4.74 Å². The number of carbonyl (C=O) groups excluding carboxylic acids is 1. The van der Waals surface area contributed by atoms with Crippen LogP contribution in [0.5, 0.6) is 5.75 Å². The van der Waals surface area contributed by atoms with Crippen LogP contribution in [0, 0.1) is 0 Å². The van der Waals surface area contributed by atoms with Crippen LogP contribution < -0.4 is 10.1 Å². The van der Waals surface area contributed by atoms with Crippen molar-refractivity contribution in [2.45, 2.75) is 33.1 Å². The van der Waals surface area contributed by atoms with Gasteiger partial charge >= 0.3 is 0 Å². The summed E-state index contributed by atoms with van der Waals surface area (Å²) >= 11 is 1.49. The molecule has 0 atom stereocenters. The highest BCUT2D eigenvalue weighted by atomic mass is 32.1. The molecule has 0 aliphatic heterocycles. The topological polar surface area (TPSA) is 51.2 Å². The predicted octanol–water partition coefficient (Wildman–Crippen LogP) is 5.64. The van der Waals surface area contributed by atoms with Crippen LogP contribution in [0.4, 0.5) is 5.13 Å². The van der Waals surface area contributed by atoms with E-state index in [1.54, 1.807) is 6.08 Å². The highest BCUT2D eigenvalue weighted by Crippen LogP contribution is 2.31. The second-order valence-corrected chi connectivity index (χ2v) is 8.28. The van der Waals surface area contributed by atoms with Crippen molar-refractivity contribution < 1.29 is 9.53 Å². The highest BCUT2D eigenvalue weighted by molar-refractivity contribution is 7.22. The van der Waals surface area contributed by atoms with Crippen LogP contribution in [0.2, 0.25) is 0 Å². The molecular weight excluding hydrogens is 356 g/mol. The number of hydrogen-bond acceptors (Lipinski definition) is 4. The fourth-order valence-corrected chi connectivity index (χ4v) is 3.57. The molecular formula is C22H24N2O2S. The lowest BCUT2D eigenvalue weighted by atomic mass is 9.87. The molecule has 3 rings (SSSR count). The molecule has 0 unspecified atom stereocenters. The van der Waals surface area contributed by atoms with Gasteiger partial charge in [-0.05, 0) is 42.2 Å². The maximum absolute atomic E-state index is 12.3. The van der Waals surface area contributed by atoms with E-state index in [1.165, 1.54) is 23.0 Å². The van der Waals surface area contributed by atoms with Gasteiger partial charge in [0.15, 0.2) is 5.13 Å². The van der Waals surface area contributed by atoms with Gasteiger partial charge in [-0.3, -0.25) is 10.1 Å². The van der Waals surface area contributed by atoms with Gasteiger partial charge in [-0.1, -0.05) is 56.4 Å². The molecule has 27 heavy (non-hydrogen) atoms. The summed E-state index contributed by atoms with van der Waals surface area (Å²) in [7, 11) is 0. The first-order valence-corrected chi connectivity index (χ1v) is 9.80. The fourth-order valence-electron chi connectivity index (χ4n) is 2.66. The molecule has 140 valence electrons. The Bertz CT molecular complexity index is 983. The lowest BCUT2D eigenvalue weighted by Gasteiger charge is -2.18. The lowest BCUT2D eigenvalue weighted by Crippen LogP contribution is -2.10. The number of anilines is 1. The summed E-state index contributed by atoms with van der Waals surface area (Å²) in [6, 6.07) is 13.9. The van der Waals surface area contributed by atoms with Gasteiger partial charge in [-0.15, -0.1) is 0 Å². The summed E-state index contributed by atoms with van der Waals surface area (Å²) in [5.41, 5.74) is 3.10. The number of carbonyl (C=O) groups is 1. The van der Waals surface area contributed by atoms with Crippen molar-refractivity contribution in [2.75, 3.05) is 11.9 Å². The van der Waals surface area contributed by atoms with Gasteiger partial charge in [0.05, 0.1) is 16.8 Å². The fraction of sp³-hybridized carbons (Fsp3) is 0.273. The first kappa shape index (κ1) is 19.1. The Hall–Kier alpha value is -2.66. The number of aromatic nitrogens is 1. The molecule has 5 heteroatoms. The summed E-state index contributed by atoms with van der Waals surface area (Å²) in [5.74, 6) is 0.551. The van der Waals surface area contributed by atoms with Crippen LogP contribution in [-0.2, 0) is 10.2 Å². The Kier molecular flexibility index (Phi) is 5.61. The van der Waals surface area contributed by atoms with Crippen molar-refractivity contribution in [1.29, 1.82) is 0 Å². The number of amides is 1. The van der Waals surface area contributed by atoms with Gasteiger partial charge in [0.25, 0.3) is 0 Å². The summed E-state index contributed by atoms with van der Waals surface area (Å²) in [6.07, 6.45) is 3.26. The van der Waals surface area contributed by atoms with E-state index in [-0.39, 0.29) is 11.3 Å². The minimum Gasteiger partial charge on any atom is -0.493 e. The lowest BCUT2D eigenvalue weighted by molar-refractivity contribution is -0.111. The number of hydrogen-bond donors (Lipinski definition) is 1. The molecule has 1 N–H and O–H groups in total. The standard InChI is InChI=1S/C22H24N2O2S/c1-5-26-18-9-7-6-8-15(18)10-13-20(25)24-21-23-17-12-11-16(22(2,3)4)14-19(17)27-21/h6-14H,5H2,1-4H3,(H,23,24,25)/b13-10+. The van der Waals surface area contributed by atoms with Crippen LogP contribution in [0.15, 0.2) is 48.5 Å². The van der Waals surface area contributed by atoms with Gasteiger partial charge in [-0.2, -0.15) is 0 Å². The number of benzene rings is 2. The van der Waals surface area contributed by atoms with Crippen molar-refractivity contribution >= 4 is 38.7 Å². The maximum Gasteiger partial charge on any atom is 0.250 e. The summed E-state index contributed by atoms with van der Waals surface area (Å²) in [6.45, 7) is 9.07. The Labute approximate surface area is 163 Å². The van der Waals surface area contributed by atoms with Crippen LogP contribution in [0.1, 0.15) is 38.8 Å². The maximum atomic E-state index is 12.3. The molecule has 1 aromatic heterocycles. The predicted molar refractivity (Wildman–Crippen MR) is 114 cm³/mol. The van der Waals surface area contributed by atoms with Crippen molar-refractivity contribution in [3.8, 4) is 5.75 Å². The summed E-state index contributed by atoms with van der Waals surface area (Å²) < 4.78 is 6.65. The molecule has 0 spiro atoms. The second-order valence-electron chi connectivity index (χ2n) is 7.24. The van der Waals surface area contributed by atoms with E-state index >= 15 is 0 Å². The van der Waals surface area contributed by atoms with Gasteiger partial charge in [0.1, 0.15) is 5.75 Å². The van der Waals surface area contributed by atoms with E-state index in [4.69, 9.17) is 4.74 Å². The largest absolute Gasteiger partial charge is 0.493 e. The van der Waals surface area contributed by atoms with E-state index in [1.807, 2.05) is 37.3 Å². The Morgan fingerprint density at radius 2 is 2.00 bits per heavy atom. The number of fused-ring (bicyclic) bond motifs is 1. The molecule has 1 heterocycles. The third-order valence-electron chi connectivity index (χ3n) is 4.12. The Balaban J connectivity index is 1.74. The number of ether oxygens (including phenoxy) is 1. The molecule has 2 aromatic carbocycles. The molecule has 3 aromatic rings. The third-order valence-corrected chi connectivity index (χ3v) is 5.05. The van der Waals surface area contributed by atoms with E-state index in [0.29, 0.717) is 11.7 Å². The number of rotatable bonds is 5. The minimum absolute atomic E-state index is 0.0816. The number of para-hydroxylation sites is 1. The SMILES string of the molecule is CCOc1ccccc1/C=C/C(=O)Nc1nc2ccc(C(C)(C)C)cc2s1. The van der Waals surface area contributed by atoms with E-state index in [2.05, 4.69) is 43.2 Å². The monoisotopic (exact) mass is 380 g/mol. The first-order chi connectivity index (χ1) is 12.9.